The summed E-state index contributed by atoms with van der Waals surface area (Å²) in [5.41, 5.74) is 0.927. The first-order valence-electron chi connectivity index (χ1n) is 8.76. The summed E-state index contributed by atoms with van der Waals surface area (Å²) in [4.78, 5) is 21.6. The van der Waals surface area contributed by atoms with Crippen LogP contribution in [0, 0.1) is 4.91 Å². The van der Waals surface area contributed by atoms with Gasteiger partial charge in [0.15, 0.2) is 0 Å². The summed E-state index contributed by atoms with van der Waals surface area (Å²) in [6, 6.07) is 16.4. The summed E-state index contributed by atoms with van der Waals surface area (Å²) in [5.74, 6) is 0.650. The van der Waals surface area contributed by atoms with Crippen molar-refractivity contribution in [3.63, 3.8) is 0 Å². The van der Waals surface area contributed by atoms with E-state index in [-0.39, 0.29) is 6.54 Å². The number of nitrogens with zero attached hydrogens (tertiary/aromatic N) is 4. The van der Waals surface area contributed by atoms with Crippen LogP contribution in [-0.2, 0) is 0 Å². The van der Waals surface area contributed by atoms with Crippen LogP contribution < -0.4 is 4.90 Å². The third-order valence-electron chi connectivity index (χ3n) is 5.02. The lowest BCUT2D eigenvalue weighted by Gasteiger charge is -2.36. The van der Waals surface area contributed by atoms with Gasteiger partial charge < -0.3 is 10.0 Å². The van der Waals surface area contributed by atoms with Gasteiger partial charge in [0, 0.05) is 24.8 Å². The average Bonchev–Trinajstić information content (AvgIpc) is 2.68. The second kappa shape index (κ2) is 6.80. The number of benzene rings is 2. The average molecular weight is 348 g/mol. The fraction of sp³-hybridized carbons (Fsp3) is 0.300. The lowest BCUT2D eigenvalue weighted by molar-refractivity contribution is 0.0249. The molecule has 1 saturated heterocycles. The summed E-state index contributed by atoms with van der Waals surface area (Å²) in [6.07, 6.45) is 2.74. The standard InChI is InChI=1S/C20H20N4O2/c25-20(14-22-26)8-11-24(12-9-20)19-21-10-7-18(23-19)17-6-5-15-3-1-2-4-16(15)13-17/h1-7,10,13,25H,8-9,11-12,14H2. The van der Waals surface area contributed by atoms with Crippen LogP contribution in [0.1, 0.15) is 12.8 Å². The van der Waals surface area contributed by atoms with Crippen molar-refractivity contribution in [3.05, 3.63) is 59.6 Å². The zero-order valence-corrected chi connectivity index (χ0v) is 14.4. The highest BCUT2D eigenvalue weighted by atomic mass is 16.3. The molecule has 1 fully saturated rings. The first-order chi connectivity index (χ1) is 12.7. The molecule has 0 spiro atoms. The van der Waals surface area contributed by atoms with Crippen LogP contribution in [0.25, 0.3) is 22.0 Å². The molecule has 0 amide bonds. The Kier molecular flexibility index (Phi) is 4.34. The van der Waals surface area contributed by atoms with E-state index in [1.54, 1.807) is 6.20 Å². The molecule has 3 aromatic rings. The van der Waals surface area contributed by atoms with E-state index in [1.807, 2.05) is 23.1 Å². The van der Waals surface area contributed by atoms with Crippen LogP contribution in [0.15, 0.2) is 59.9 Å². The normalized spacial score (nSPS) is 16.6. The first-order valence-corrected chi connectivity index (χ1v) is 8.76. The molecule has 6 nitrogen and oxygen atoms in total. The Bertz CT molecular complexity index is 936. The molecule has 6 heteroatoms. The van der Waals surface area contributed by atoms with Crippen LogP contribution in [0.2, 0.25) is 0 Å². The van der Waals surface area contributed by atoms with Gasteiger partial charge in [-0.25, -0.2) is 9.97 Å². The van der Waals surface area contributed by atoms with Gasteiger partial charge >= 0.3 is 0 Å². The predicted molar refractivity (Wildman–Crippen MR) is 102 cm³/mol. The van der Waals surface area contributed by atoms with Gasteiger partial charge in [-0.15, -0.1) is 0 Å². The fourth-order valence-corrected chi connectivity index (χ4v) is 3.41. The van der Waals surface area contributed by atoms with E-state index in [2.05, 4.69) is 40.5 Å². The Morgan fingerprint density at radius 3 is 2.62 bits per heavy atom. The molecule has 2 heterocycles. The smallest absolute Gasteiger partial charge is 0.225 e. The second-order valence-corrected chi connectivity index (χ2v) is 6.80. The summed E-state index contributed by atoms with van der Waals surface area (Å²) < 4.78 is 0. The summed E-state index contributed by atoms with van der Waals surface area (Å²) in [5, 5.41) is 15.5. The minimum Gasteiger partial charge on any atom is -0.388 e. The van der Waals surface area contributed by atoms with Gasteiger partial charge in [-0.3, -0.25) is 0 Å². The van der Waals surface area contributed by atoms with Crippen molar-refractivity contribution in [1.29, 1.82) is 0 Å². The lowest BCUT2D eigenvalue weighted by Crippen LogP contribution is -2.46. The van der Waals surface area contributed by atoms with Crippen molar-refractivity contribution in [2.45, 2.75) is 18.4 Å². The maximum atomic E-state index is 10.5. The molecular weight excluding hydrogens is 328 g/mol. The van der Waals surface area contributed by atoms with E-state index in [0.717, 1.165) is 11.3 Å². The highest BCUT2D eigenvalue weighted by molar-refractivity contribution is 5.86. The lowest BCUT2D eigenvalue weighted by atomic mass is 9.92. The molecule has 0 atom stereocenters. The van der Waals surface area contributed by atoms with Crippen LogP contribution in [0.3, 0.4) is 0 Å². The van der Waals surface area contributed by atoms with Crippen molar-refractivity contribution < 1.29 is 5.11 Å². The number of piperidine rings is 1. The van der Waals surface area contributed by atoms with Crippen molar-refractivity contribution in [1.82, 2.24) is 9.97 Å². The minimum atomic E-state index is -0.992. The topological polar surface area (TPSA) is 78.7 Å². The summed E-state index contributed by atoms with van der Waals surface area (Å²) in [7, 11) is 0. The van der Waals surface area contributed by atoms with E-state index in [9.17, 15) is 10.0 Å². The Balaban J connectivity index is 1.58. The minimum absolute atomic E-state index is 0.0567. The van der Waals surface area contributed by atoms with Crippen molar-refractivity contribution in [3.8, 4) is 11.3 Å². The molecule has 1 aliphatic heterocycles. The molecule has 0 aliphatic carbocycles. The van der Waals surface area contributed by atoms with E-state index in [4.69, 9.17) is 4.98 Å². The maximum Gasteiger partial charge on any atom is 0.225 e. The maximum absolute atomic E-state index is 10.5. The predicted octanol–water partition coefficient (Wildman–Crippen LogP) is 3.39. The molecule has 132 valence electrons. The van der Waals surface area contributed by atoms with E-state index in [0.29, 0.717) is 31.9 Å². The van der Waals surface area contributed by atoms with Gasteiger partial charge in [0.25, 0.3) is 0 Å². The van der Waals surface area contributed by atoms with Crippen LogP contribution in [0.4, 0.5) is 5.95 Å². The third-order valence-corrected chi connectivity index (χ3v) is 5.02. The fourth-order valence-electron chi connectivity index (χ4n) is 3.41. The largest absolute Gasteiger partial charge is 0.388 e. The van der Waals surface area contributed by atoms with Gasteiger partial charge in [-0.1, -0.05) is 41.6 Å². The van der Waals surface area contributed by atoms with Gasteiger partial charge in [0.2, 0.25) is 5.95 Å². The van der Waals surface area contributed by atoms with Crippen molar-refractivity contribution >= 4 is 16.7 Å². The number of aromatic nitrogens is 2. The van der Waals surface area contributed by atoms with E-state index >= 15 is 0 Å². The highest BCUT2D eigenvalue weighted by Crippen LogP contribution is 2.27. The Morgan fingerprint density at radius 2 is 1.85 bits per heavy atom. The monoisotopic (exact) mass is 348 g/mol. The molecule has 1 aliphatic rings. The van der Waals surface area contributed by atoms with Gasteiger partial charge in [-0.2, -0.15) is 4.91 Å². The van der Waals surface area contributed by atoms with Crippen molar-refractivity contribution in [2.75, 3.05) is 24.5 Å². The first kappa shape index (κ1) is 16.6. The van der Waals surface area contributed by atoms with Gasteiger partial charge in [-0.05, 0) is 35.7 Å². The van der Waals surface area contributed by atoms with Gasteiger partial charge in [0.05, 0.1) is 11.3 Å². The van der Waals surface area contributed by atoms with Crippen molar-refractivity contribution in [2.24, 2.45) is 5.18 Å². The number of hydrogen-bond donors (Lipinski definition) is 1. The van der Waals surface area contributed by atoms with Gasteiger partial charge in [0.1, 0.15) is 6.54 Å². The Hall–Kier alpha value is -2.86. The molecule has 1 N–H and O–H groups in total. The Labute approximate surface area is 151 Å². The molecule has 0 bridgehead atoms. The highest BCUT2D eigenvalue weighted by Gasteiger charge is 2.33. The molecule has 0 unspecified atom stereocenters. The number of fused-ring (bicyclic) bond motifs is 1. The number of aliphatic hydroxyl groups is 1. The molecule has 26 heavy (non-hydrogen) atoms. The molecule has 0 saturated carbocycles. The van der Waals surface area contributed by atoms with E-state index in [1.165, 1.54) is 10.8 Å². The zero-order chi connectivity index (χ0) is 18.0. The molecule has 4 rings (SSSR count). The molecule has 0 radical (unpaired) electrons. The zero-order valence-electron chi connectivity index (χ0n) is 14.4. The summed E-state index contributed by atoms with van der Waals surface area (Å²) in [6.45, 7) is 1.15. The van der Waals surface area contributed by atoms with Crippen LogP contribution >= 0.6 is 0 Å². The van der Waals surface area contributed by atoms with Crippen LogP contribution in [0.5, 0.6) is 0 Å². The van der Waals surface area contributed by atoms with Crippen LogP contribution in [-0.4, -0.2) is 40.3 Å². The number of rotatable bonds is 4. The SMILES string of the molecule is O=NCC1(O)CCN(c2nccc(-c3ccc4ccccc4c3)n2)CC1. The van der Waals surface area contributed by atoms with E-state index < -0.39 is 5.60 Å². The Morgan fingerprint density at radius 1 is 1.08 bits per heavy atom. The second-order valence-electron chi connectivity index (χ2n) is 6.80. The molecule has 1 aromatic heterocycles. The molecule has 2 aromatic carbocycles. The quantitative estimate of drug-likeness (QED) is 0.731. The number of anilines is 1. The number of nitroso groups, excluding NO2 is 1. The number of hydrogen-bond acceptors (Lipinski definition) is 6. The third kappa shape index (κ3) is 3.28. The molecular formula is C20H20N4O2. The summed E-state index contributed by atoms with van der Waals surface area (Å²) >= 11 is 0.